The molecule has 0 unspecified atom stereocenters. The maximum Gasteiger partial charge on any atom is 0.262 e. The number of hydrogen-bond donors (Lipinski definition) is 1. The number of nitrogens with zero attached hydrogens (tertiary/aromatic N) is 1. The molecule has 1 aliphatic heterocycles. The molecule has 2 aromatic carbocycles. The van der Waals surface area contributed by atoms with Crippen LogP contribution in [-0.2, 0) is 11.2 Å². The molecule has 3 rings (SSSR count). The Bertz CT molecular complexity index is 802. The Kier molecular flexibility index (Phi) is 5.41. The van der Waals surface area contributed by atoms with Crippen molar-refractivity contribution in [2.75, 3.05) is 32.1 Å². The molecule has 1 heterocycles. The summed E-state index contributed by atoms with van der Waals surface area (Å²) in [6.45, 7) is 3.04. The van der Waals surface area contributed by atoms with Gasteiger partial charge in [-0.3, -0.25) is 9.59 Å². The average Bonchev–Trinajstić information content (AvgIpc) is 2.65. The summed E-state index contributed by atoms with van der Waals surface area (Å²) in [7, 11) is 1.78. The van der Waals surface area contributed by atoms with E-state index in [1.54, 1.807) is 54.4 Å². The number of ether oxygens (including phenoxy) is 2. The predicted molar refractivity (Wildman–Crippen MR) is 98.8 cm³/mol. The van der Waals surface area contributed by atoms with Crippen LogP contribution in [0.1, 0.15) is 22.8 Å². The lowest BCUT2D eigenvalue weighted by atomic mass is 9.98. The van der Waals surface area contributed by atoms with Crippen LogP contribution in [0.5, 0.6) is 11.5 Å². The maximum absolute atomic E-state index is 12.2. The second-order valence-electron chi connectivity index (χ2n) is 6.05. The Morgan fingerprint density at radius 3 is 2.65 bits per heavy atom. The minimum absolute atomic E-state index is 0.0180. The number of rotatable bonds is 6. The van der Waals surface area contributed by atoms with Crippen molar-refractivity contribution in [1.29, 1.82) is 0 Å². The molecule has 0 spiro atoms. The number of benzene rings is 2. The minimum atomic E-state index is -0.258. The number of amides is 2. The fourth-order valence-electron chi connectivity index (χ4n) is 2.89. The van der Waals surface area contributed by atoms with Gasteiger partial charge in [0.2, 0.25) is 0 Å². The number of anilines is 1. The third-order valence-electron chi connectivity index (χ3n) is 4.22. The second-order valence-corrected chi connectivity index (χ2v) is 6.05. The first-order chi connectivity index (χ1) is 12.6. The van der Waals surface area contributed by atoms with Crippen molar-refractivity contribution in [3.63, 3.8) is 0 Å². The summed E-state index contributed by atoms with van der Waals surface area (Å²) >= 11 is 0. The van der Waals surface area contributed by atoms with Crippen LogP contribution in [-0.4, -0.2) is 43.5 Å². The zero-order chi connectivity index (χ0) is 18.5. The minimum Gasteiger partial charge on any atom is -0.494 e. The van der Waals surface area contributed by atoms with Gasteiger partial charge in [0.05, 0.1) is 6.61 Å². The molecule has 0 saturated carbocycles. The molecule has 2 aromatic rings. The molecule has 2 amide bonds. The Morgan fingerprint density at radius 1 is 1.15 bits per heavy atom. The molecular formula is C20H22N2O4. The smallest absolute Gasteiger partial charge is 0.262 e. The van der Waals surface area contributed by atoms with E-state index >= 15 is 0 Å². The number of hydrogen-bond acceptors (Lipinski definition) is 4. The van der Waals surface area contributed by atoms with Crippen molar-refractivity contribution in [2.24, 2.45) is 0 Å². The molecule has 0 saturated heterocycles. The van der Waals surface area contributed by atoms with Gasteiger partial charge in [0.1, 0.15) is 11.5 Å². The number of nitrogens with one attached hydrogen (secondary N) is 1. The molecule has 0 radical (unpaired) electrons. The lowest BCUT2D eigenvalue weighted by Gasteiger charge is -2.26. The topological polar surface area (TPSA) is 67.9 Å². The van der Waals surface area contributed by atoms with Crippen molar-refractivity contribution in [1.82, 2.24) is 4.90 Å². The van der Waals surface area contributed by atoms with Crippen molar-refractivity contribution in [3.8, 4) is 11.5 Å². The van der Waals surface area contributed by atoms with Gasteiger partial charge in [0, 0.05) is 30.4 Å². The average molecular weight is 354 g/mol. The molecule has 6 heteroatoms. The summed E-state index contributed by atoms with van der Waals surface area (Å²) in [6, 6.07) is 12.5. The lowest BCUT2D eigenvalue weighted by Crippen LogP contribution is -2.34. The molecule has 26 heavy (non-hydrogen) atoms. The summed E-state index contributed by atoms with van der Waals surface area (Å²) < 4.78 is 11.0. The molecule has 0 bridgehead atoms. The quantitative estimate of drug-likeness (QED) is 0.866. The van der Waals surface area contributed by atoms with Gasteiger partial charge in [-0.05, 0) is 49.7 Å². The van der Waals surface area contributed by atoms with Gasteiger partial charge in [-0.2, -0.15) is 0 Å². The highest BCUT2D eigenvalue weighted by atomic mass is 16.5. The molecule has 0 aliphatic carbocycles. The first-order valence-corrected chi connectivity index (χ1v) is 8.61. The SMILES string of the molecule is CCOc1ccc(NC(=O)COc2cccc3c2CCN(C)C3=O)cc1. The number of carbonyl (C=O) groups is 2. The van der Waals surface area contributed by atoms with Gasteiger partial charge in [0.25, 0.3) is 11.8 Å². The Morgan fingerprint density at radius 2 is 1.92 bits per heavy atom. The van der Waals surface area contributed by atoms with E-state index in [0.29, 0.717) is 36.6 Å². The lowest BCUT2D eigenvalue weighted by molar-refractivity contribution is -0.118. The molecule has 1 N–H and O–H groups in total. The van der Waals surface area contributed by atoms with E-state index in [0.717, 1.165) is 11.3 Å². The van der Waals surface area contributed by atoms with E-state index in [1.165, 1.54) is 0 Å². The van der Waals surface area contributed by atoms with Crippen LogP contribution in [0.2, 0.25) is 0 Å². The fourth-order valence-corrected chi connectivity index (χ4v) is 2.89. The summed E-state index contributed by atoms with van der Waals surface area (Å²) in [5.41, 5.74) is 2.18. The highest BCUT2D eigenvalue weighted by molar-refractivity contribution is 5.97. The van der Waals surface area contributed by atoms with Crippen LogP contribution in [0.4, 0.5) is 5.69 Å². The van der Waals surface area contributed by atoms with Gasteiger partial charge in [-0.15, -0.1) is 0 Å². The van der Waals surface area contributed by atoms with Crippen LogP contribution in [0.3, 0.4) is 0 Å². The third kappa shape index (κ3) is 3.96. The first kappa shape index (κ1) is 17.8. The van der Waals surface area contributed by atoms with Crippen molar-refractivity contribution in [3.05, 3.63) is 53.6 Å². The van der Waals surface area contributed by atoms with Crippen LogP contribution >= 0.6 is 0 Å². The van der Waals surface area contributed by atoms with Gasteiger partial charge in [0.15, 0.2) is 6.61 Å². The number of fused-ring (bicyclic) bond motifs is 1. The molecule has 136 valence electrons. The van der Waals surface area contributed by atoms with Crippen LogP contribution in [0, 0.1) is 0 Å². The van der Waals surface area contributed by atoms with Crippen LogP contribution < -0.4 is 14.8 Å². The summed E-state index contributed by atoms with van der Waals surface area (Å²) in [6.07, 6.45) is 0.717. The summed E-state index contributed by atoms with van der Waals surface area (Å²) in [5.74, 6) is 1.07. The molecule has 1 aliphatic rings. The fraction of sp³-hybridized carbons (Fsp3) is 0.300. The Hall–Kier alpha value is -3.02. The largest absolute Gasteiger partial charge is 0.494 e. The standard InChI is InChI=1S/C20H22N2O4/c1-3-25-15-9-7-14(8-10-15)21-19(23)13-26-18-6-4-5-17-16(18)11-12-22(2)20(17)24/h4-10H,3,11-13H2,1-2H3,(H,21,23). The zero-order valence-corrected chi connectivity index (χ0v) is 15.0. The van der Waals surface area contributed by atoms with Gasteiger partial charge < -0.3 is 19.7 Å². The van der Waals surface area contributed by atoms with Crippen molar-refractivity contribution >= 4 is 17.5 Å². The van der Waals surface area contributed by atoms with Gasteiger partial charge >= 0.3 is 0 Å². The van der Waals surface area contributed by atoms with Crippen molar-refractivity contribution < 1.29 is 19.1 Å². The van der Waals surface area contributed by atoms with Gasteiger partial charge in [-0.25, -0.2) is 0 Å². The van der Waals surface area contributed by atoms with E-state index in [2.05, 4.69) is 5.32 Å². The summed E-state index contributed by atoms with van der Waals surface area (Å²) in [4.78, 5) is 26.0. The molecule has 0 fully saturated rings. The molecule has 6 nitrogen and oxygen atoms in total. The highest BCUT2D eigenvalue weighted by Crippen LogP contribution is 2.27. The monoisotopic (exact) mass is 354 g/mol. The van der Waals surface area contributed by atoms with E-state index in [9.17, 15) is 9.59 Å². The van der Waals surface area contributed by atoms with Crippen LogP contribution in [0.15, 0.2) is 42.5 Å². The normalized spacial score (nSPS) is 13.2. The van der Waals surface area contributed by atoms with Gasteiger partial charge in [-0.1, -0.05) is 6.07 Å². The van der Waals surface area contributed by atoms with Crippen molar-refractivity contribution in [2.45, 2.75) is 13.3 Å². The second kappa shape index (κ2) is 7.91. The Labute approximate surface area is 152 Å². The number of carbonyl (C=O) groups excluding carboxylic acids is 2. The maximum atomic E-state index is 12.2. The van der Waals surface area contributed by atoms with E-state index < -0.39 is 0 Å². The van der Waals surface area contributed by atoms with E-state index in [1.807, 2.05) is 6.92 Å². The molecular weight excluding hydrogens is 332 g/mol. The molecule has 0 atom stereocenters. The Balaban J connectivity index is 1.61. The summed E-state index contributed by atoms with van der Waals surface area (Å²) in [5, 5.41) is 2.78. The number of likely N-dealkylation sites (N-methyl/N-ethyl adjacent to an activating group) is 1. The van der Waals surface area contributed by atoms with E-state index in [4.69, 9.17) is 9.47 Å². The zero-order valence-electron chi connectivity index (χ0n) is 15.0. The van der Waals surface area contributed by atoms with Crippen LogP contribution in [0.25, 0.3) is 0 Å². The predicted octanol–water partition coefficient (Wildman–Crippen LogP) is 2.73. The highest BCUT2D eigenvalue weighted by Gasteiger charge is 2.24. The molecule has 0 aromatic heterocycles. The first-order valence-electron chi connectivity index (χ1n) is 8.61. The van der Waals surface area contributed by atoms with E-state index in [-0.39, 0.29) is 18.4 Å². The third-order valence-corrected chi connectivity index (χ3v) is 4.22.